The van der Waals surface area contributed by atoms with Crippen molar-refractivity contribution in [1.82, 2.24) is 20.5 Å². The highest BCUT2D eigenvalue weighted by Crippen LogP contribution is 2.35. The van der Waals surface area contributed by atoms with Crippen molar-refractivity contribution in [2.45, 2.75) is 6.42 Å². The number of hydrogen-bond donors (Lipinski definition) is 3. The van der Waals surface area contributed by atoms with Crippen LogP contribution in [-0.4, -0.2) is 28.3 Å². The third kappa shape index (κ3) is 3.14. The lowest BCUT2D eigenvalue weighted by atomic mass is 9.98. The molecular weight excluding hydrogens is 387 g/mol. The van der Waals surface area contributed by atoms with Gasteiger partial charge in [-0.2, -0.15) is 5.10 Å². The second-order valence-corrected chi connectivity index (χ2v) is 7.97. The van der Waals surface area contributed by atoms with E-state index in [1.165, 1.54) is 23.3 Å². The molecule has 0 atom stereocenters. The first-order valence-corrected chi connectivity index (χ1v) is 10.5. The van der Waals surface area contributed by atoms with Crippen LogP contribution in [-0.2, 0) is 0 Å². The smallest absolute Gasteiger partial charge is 0.123 e. The highest BCUT2D eigenvalue weighted by molar-refractivity contribution is 6.01. The van der Waals surface area contributed by atoms with Gasteiger partial charge < -0.3 is 10.3 Å². The molecule has 0 radical (unpaired) electrons. The Bertz CT molecular complexity index is 1440. The van der Waals surface area contributed by atoms with E-state index in [4.69, 9.17) is 0 Å². The Hall–Kier alpha value is -3.70. The average Bonchev–Trinajstić information content (AvgIpc) is 3.43. The Morgan fingerprint density at radius 2 is 1.71 bits per heavy atom. The van der Waals surface area contributed by atoms with E-state index in [1.54, 1.807) is 0 Å². The molecule has 1 aliphatic heterocycles. The molecule has 5 aromatic rings. The van der Waals surface area contributed by atoms with Crippen LogP contribution in [0.3, 0.4) is 0 Å². The monoisotopic (exact) mass is 408 g/mol. The predicted molar refractivity (Wildman–Crippen MR) is 124 cm³/mol. The predicted octanol–water partition coefficient (Wildman–Crippen LogP) is 5.89. The first-order valence-electron chi connectivity index (χ1n) is 10.5. The lowest BCUT2D eigenvalue weighted by Crippen LogP contribution is -2.19. The third-order valence-corrected chi connectivity index (χ3v) is 6.07. The highest BCUT2D eigenvalue weighted by Gasteiger charge is 2.15. The molecular formula is C26H21FN4. The summed E-state index contributed by atoms with van der Waals surface area (Å²) in [5.41, 5.74) is 8.61. The van der Waals surface area contributed by atoms with Crippen molar-refractivity contribution in [3.63, 3.8) is 0 Å². The summed E-state index contributed by atoms with van der Waals surface area (Å²) < 4.78 is 13.4. The van der Waals surface area contributed by atoms with Gasteiger partial charge in [-0.3, -0.25) is 5.10 Å². The number of rotatable bonds is 3. The van der Waals surface area contributed by atoms with Crippen molar-refractivity contribution in [1.29, 1.82) is 0 Å². The van der Waals surface area contributed by atoms with Crippen molar-refractivity contribution < 1.29 is 4.39 Å². The Morgan fingerprint density at radius 3 is 2.55 bits per heavy atom. The number of hydrogen-bond acceptors (Lipinski definition) is 2. The van der Waals surface area contributed by atoms with Gasteiger partial charge in [0, 0.05) is 22.8 Å². The zero-order valence-corrected chi connectivity index (χ0v) is 16.9. The fourth-order valence-corrected chi connectivity index (χ4v) is 4.47. The standard InChI is InChI=1S/C26H21FN4/c27-19-7-4-17(5-8-19)20-2-1-3-23-21(20)15-25(29-23)26-22-14-18(6-9-24(22)30-31-26)16-10-12-28-13-11-16/h1-10,14-15,28-29H,11-13H2,(H,30,31). The second-order valence-electron chi connectivity index (χ2n) is 7.97. The normalized spacial score (nSPS) is 14.3. The molecule has 2 aromatic heterocycles. The van der Waals surface area contributed by atoms with E-state index in [0.717, 1.165) is 63.8 Å². The zero-order chi connectivity index (χ0) is 20.8. The largest absolute Gasteiger partial charge is 0.353 e. The summed E-state index contributed by atoms with van der Waals surface area (Å²) in [6.45, 7) is 1.93. The van der Waals surface area contributed by atoms with Gasteiger partial charge in [0.05, 0.1) is 11.2 Å². The molecule has 0 saturated heterocycles. The van der Waals surface area contributed by atoms with Gasteiger partial charge in [0.1, 0.15) is 11.5 Å². The SMILES string of the molecule is Fc1ccc(-c2cccc3[nH]c(-c4n[nH]c5ccc(C6=CCNCC6)cc45)cc23)cc1. The number of nitrogens with zero attached hydrogens (tertiary/aromatic N) is 1. The van der Waals surface area contributed by atoms with Crippen LogP contribution in [0.4, 0.5) is 4.39 Å². The number of benzene rings is 3. The zero-order valence-electron chi connectivity index (χ0n) is 16.9. The van der Waals surface area contributed by atoms with E-state index >= 15 is 0 Å². The van der Waals surface area contributed by atoms with Gasteiger partial charge >= 0.3 is 0 Å². The van der Waals surface area contributed by atoms with Crippen LogP contribution < -0.4 is 5.32 Å². The topological polar surface area (TPSA) is 56.5 Å². The van der Waals surface area contributed by atoms with E-state index in [9.17, 15) is 4.39 Å². The van der Waals surface area contributed by atoms with Crippen LogP contribution in [0.5, 0.6) is 0 Å². The summed E-state index contributed by atoms with van der Waals surface area (Å²) in [6, 6.07) is 21.4. The summed E-state index contributed by atoms with van der Waals surface area (Å²) in [5, 5.41) is 13.4. The minimum Gasteiger partial charge on any atom is -0.353 e. The molecule has 0 saturated carbocycles. The van der Waals surface area contributed by atoms with Crippen LogP contribution >= 0.6 is 0 Å². The number of aromatic nitrogens is 3. The maximum absolute atomic E-state index is 13.4. The Balaban J connectivity index is 1.48. The molecule has 3 aromatic carbocycles. The molecule has 152 valence electrons. The molecule has 3 N–H and O–H groups in total. The third-order valence-electron chi connectivity index (χ3n) is 6.07. The lowest BCUT2D eigenvalue weighted by Gasteiger charge is -2.14. The molecule has 1 aliphatic rings. The molecule has 0 bridgehead atoms. The molecule has 6 rings (SSSR count). The Morgan fingerprint density at radius 1 is 0.839 bits per heavy atom. The summed E-state index contributed by atoms with van der Waals surface area (Å²) in [4.78, 5) is 3.53. The van der Waals surface area contributed by atoms with Crippen molar-refractivity contribution in [3.8, 4) is 22.5 Å². The number of nitrogens with one attached hydrogen (secondary N) is 3. The quantitative estimate of drug-likeness (QED) is 0.348. The van der Waals surface area contributed by atoms with Gasteiger partial charge in [0.25, 0.3) is 0 Å². The van der Waals surface area contributed by atoms with E-state index in [1.807, 2.05) is 18.2 Å². The summed E-state index contributed by atoms with van der Waals surface area (Å²) in [5.74, 6) is -0.228. The maximum Gasteiger partial charge on any atom is 0.123 e. The van der Waals surface area contributed by atoms with E-state index in [2.05, 4.69) is 63.0 Å². The molecule has 0 aliphatic carbocycles. The van der Waals surface area contributed by atoms with Gasteiger partial charge in [-0.05, 0) is 71.6 Å². The van der Waals surface area contributed by atoms with Crippen molar-refractivity contribution in [2.24, 2.45) is 0 Å². The van der Waals surface area contributed by atoms with Gasteiger partial charge in [-0.25, -0.2) is 4.39 Å². The van der Waals surface area contributed by atoms with Crippen molar-refractivity contribution >= 4 is 27.4 Å². The molecule has 3 heterocycles. The molecule has 0 fully saturated rings. The van der Waals surface area contributed by atoms with Gasteiger partial charge in [0.15, 0.2) is 0 Å². The minimum atomic E-state index is -0.228. The lowest BCUT2D eigenvalue weighted by molar-refractivity contribution is 0.628. The number of H-pyrrole nitrogens is 2. The molecule has 4 nitrogen and oxygen atoms in total. The summed E-state index contributed by atoms with van der Waals surface area (Å²) >= 11 is 0. The maximum atomic E-state index is 13.4. The fraction of sp³-hybridized carbons (Fsp3) is 0.115. The van der Waals surface area contributed by atoms with Crippen LogP contribution in [0, 0.1) is 5.82 Å². The highest BCUT2D eigenvalue weighted by atomic mass is 19.1. The van der Waals surface area contributed by atoms with Gasteiger partial charge in [-0.1, -0.05) is 36.4 Å². The van der Waals surface area contributed by atoms with Gasteiger partial charge in [-0.15, -0.1) is 0 Å². The minimum absolute atomic E-state index is 0.228. The fourth-order valence-electron chi connectivity index (χ4n) is 4.47. The van der Waals surface area contributed by atoms with Gasteiger partial charge in [0.2, 0.25) is 0 Å². The van der Waals surface area contributed by atoms with Crippen LogP contribution in [0.15, 0.2) is 72.8 Å². The number of halogens is 1. The van der Waals surface area contributed by atoms with Crippen molar-refractivity contribution in [3.05, 3.63) is 84.2 Å². The van der Waals surface area contributed by atoms with Crippen LogP contribution in [0.25, 0.3) is 49.9 Å². The Kier molecular flexibility index (Phi) is 4.21. The molecule has 0 unspecified atom stereocenters. The van der Waals surface area contributed by atoms with E-state index in [0.29, 0.717) is 0 Å². The summed E-state index contributed by atoms with van der Waals surface area (Å²) in [7, 11) is 0. The molecule has 0 spiro atoms. The molecule has 31 heavy (non-hydrogen) atoms. The average molecular weight is 408 g/mol. The van der Waals surface area contributed by atoms with E-state index < -0.39 is 0 Å². The summed E-state index contributed by atoms with van der Waals surface area (Å²) in [6.07, 6.45) is 3.30. The first kappa shape index (κ1) is 18.1. The van der Waals surface area contributed by atoms with Crippen LogP contribution in [0.2, 0.25) is 0 Å². The first-order chi connectivity index (χ1) is 15.3. The second kappa shape index (κ2) is 7.22. The number of aromatic amines is 2. The molecule has 0 amide bonds. The molecule has 5 heteroatoms. The van der Waals surface area contributed by atoms with Crippen LogP contribution in [0.1, 0.15) is 12.0 Å². The van der Waals surface area contributed by atoms with Crippen molar-refractivity contribution in [2.75, 3.05) is 13.1 Å². The van der Waals surface area contributed by atoms with E-state index in [-0.39, 0.29) is 5.82 Å². The number of fused-ring (bicyclic) bond motifs is 2. The Labute approximate surface area is 178 Å².